The largest absolute Gasteiger partial charge is 0.339 e. The van der Waals surface area contributed by atoms with E-state index in [1.54, 1.807) is 12.1 Å². The molecule has 0 saturated carbocycles. The van der Waals surface area contributed by atoms with Crippen LogP contribution in [0.25, 0.3) is 6.08 Å². The SMILES string of the molecule is O=C(C=Cc1ccc(F)c(Cl)c1)N1CCCC1. The number of benzene rings is 1. The molecule has 1 aliphatic heterocycles. The number of hydrogen-bond donors (Lipinski definition) is 0. The van der Waals surface area contributed by atoms with Crippen molar-refractivity contribution >= 4 is 23.6 Å². The number of nitrogens with zero attached hydrogens (tertiary/aromatic N) is 1. The Morgan fingerprint density at radius 2 is 2.06 bits per heavy atom. The number of hydrogen-bond acceptors (Lipinski definition) is 1. The van der Waals surface area contributed by atoms with Crippen molar-refractivity contribution in [2.45, 2.75) is 12.8 Å². The van der Waals surface area contributed by atoms with Crippen LogP contribution < -0.4 is 0 Å². The third-order valence-electron chi connectivity index (χ3n) is 2.78. The number of carbonyl (C=O) groups is 1. The van der Waals surface area contributed by atoms with Crippen LogP contribution in [0, 0.1) is 5.82 Å². The molecule has 1 fully saturated rings. The molecule has 0 spiro atoms. The molecule has 2 rings (SSSR count). The maximum absolute atomic E-state index is 12.9. The highest BCUT2D eigenvalue weighted by Gasteiger charge is 2.14. The molecule has 0 aliphatic carbocycles. The van der Waals surface area contributed by atoms with Crippen LogP contribution in [0.15, 0.2) is 24.3 Å². The van der Waals surface area contributed by atoms with Crippen LogP contribution in [0.5, 0.6) is 0 Å². The minimum Gasteiger partial charge on any atom is -0.339 e. The topological polar surface area (TPSA) is 20.3 Å². The van der Waals surface area contributed by atoms with Gasteiger partial charge in [-0.25, -0.2) is 4.39 Å². The Morgan fingerprint density at radius 1 is 1.35 bits per heavy atom. The van der Waals surface area contributed by atoms with Crippen molar-refractivity contribution in [2.24, 2.45) is 0 Å². The zero-order valence-corrected chi connectivity index (χ0v) is 10.1. The molecular weight excluding hydrogens is 241 g/mol. The summed E-state index contributed by atoms with van der Waals surface area (Å²) in [6.07, 6.45) is 5.31. The summed E-state index contributed by atoms with van der Waals surface area (Å²) in [4.78, 5) is 13.5. The zero-order valence-electron chi connectivity index (χ0n) is 9.33. The van der Waals surface area contributed by atoms with Crippen LogP contribution in [0.2, 0.25) is 5.02 Å². The van der Waals surface area contributed by atoms with Crippen molar-refractivity contribution in [2.75, 3.05) is 13.1 Å². The fourth-order valence-corrected chi connectivity index (χ4v) is 2.02. The Bertz CT molecular complexity index is 453. The molecule has 1 amide bonds. The van der Waals surface area contributed by atoms with Gasteiger partial charge >= 0.3 is 0 Å². The molecule has 1 aromatic rings. The summed E-state index contributed by atoms with van der Waals surface area (Å²) in [5.41, 5.74) is 0.726. The molecule has 0 aromatic heterocycles. The van der Waals surface area contributed by atoms with Crippen LogP contribution in [-0.2, 0) is 4.79 Å². The third kappa shape index (κ3) is 3.07. The fraction of sp³-hybridized carbons (Fsp3) is 0.308. The normalized spacial score (nSPS) is 15.8. The first-order valence-corrected chi connectivity index (χ1v) is 5.96. The van der Waals surface area contributed by atoms with E-state index in [1.807, 2.05) is 4.90 Å². The molecule has 0 atom stereocenters. The molecule has 1 saturated heterocycles. The van der Waals surface area contributed by atoms with E-state index in [1.165, 1.54) is 18.2 Å². The van der Waals surface area contributed by atoms with E-state index in [4.69, 9.17) is 11.6 Å². The summed E-state index contributed by atoms with van der Waals surface area (Å²) >= 11 is 5.65. The maximum atomic E-state index is 12.9. The highest BCUT2D eigenvalue weighted by Crippen LogP contribution is 2.17. The Hall–Kier alpha value is -1.35. The van der Waals surface area contributed by atoms with E-state index < -0.39 is 5.82 Å². The summed E-state index contributed by atoms with van der Waals surface area (Å²) in [5.74, 6) is -0.447. The molecule has 2 nitrogen and oxygen atoms in total. The summed E-state index contributed by atoms with van der Waals surface area (Å²) in [7, 11) is 0. The van der Waals surface area contributed by atoms with Crippen molar-refractivity contribution in [3.05, 3.63) is 40.7 Å². The number of amides is 1. The van der Waals surface area contributed by atoms with Gasteiger partial charge in [-0.2, -0.15) is 0 Å². The highest BCUT2D eigenvalue weighted by molar-refractivity contribution is 6.30. The third-order valence-corrected chi connectivity index (χ3v) is 3.07. The van der Waals surface area contributed by atoms with Crippen molar-refractivity contribution < 1.29 is 9.18 Å². The standard InChI is InChI=1S/C13H13ClFNO/c14-11-9-10(3-5-12(11)15)4-6-13(17)16-7-1-2-8-16/h3-6,9H,1-2,7-8H2. The number of rotatable bonds is 2. The molecule has 0 bridgehead atoms. The lowest BCUT2D eigenvalue weighted by atomic mass is 10.2. The minimum atomic E-state index is -0.449. The van der Waals surface area contributed by atoms with Gasteiger partial charge in [0, 0.05) is 19.2 Å². The molecule has 1 aromatic carbocycles. The Morgan fingerprint density at radius 3 is 2.71 bits per heavy atom. The molecule has 90 valence electrons. The van der Waals surface area contributed by atoms with Crippen molar-refractivity contribution in [1.82, 2.24) is 4.90 Å². The number of likely N-dealkylation sites (tertiary alicyclic amines) is 1. The summed E-state index contributed by atoms with van der Waals surface area (Å²) < 4.78 is 12.9. The Kier molecular flexibility index (Phi) is 3.79. The van der Waals surface area contributed by atoms with Gasteiger partial charge in [0.1, 0.15) is 5.82 Å². The van der Waals surface area contributed by atoms with Crippen LogP contribution >= 0.6 is 11.6 Å². The second-order valence-electron chi connectivity index (χ2n) is 4.04. The van der Waals surface area contributed by atoms with E-state index in [2.05, 4.69) is 0 Å². The zero-order chi connectivity index (χ0) is 12.3. The van der Waals surface area contributed by atoms with E-state index in [9.17, 15) is 9.18 Å². The van der Waals surface area contributed by atoms with Crippen LogP contribution in [0.3, 0.4) is 0 Å². The summed E-state index contributed by atoms with van der Waals surface area (Å²) in [6.45, 7) is 1.65. The van der Waals surface area contributed by atoms with Gasteiger partial charge in [0.05, 0.1) is 5.02 Å². The predicted octanol–water partition coefficient (Wildman–Crippen LogP) is 3.11. The van der Waals surface area contributed by atoms with Gasteiger partial charge in [-0.05, 0) is 36.6 Å². The Labute approximate surface area is 105 Å². The molecule has 4 heteroatoms. The van der Waals surface area contributed by atoms with E-state index >= 15 is 0 Å². The second-order valence-corrected chi connectivity index (χ2v) is 4.45. The minimum absolute atomic E-state index is 0.00273. The summed E-state index contributed by atoms with van der Waals surface area (Å²) in [6, 6.07) is 4.39. The average Bonchev–Trinajstić information content (AvgIpc) is 2.84. The van der Waals surface area contributed by atoms with Crippen LogP contribution in [0.4, 0.5) is 4.39 Å². The first-order valence-electron chi connectivity index (χ1n) is 5.59. The highest BCUT2D eigenvalue weighted by atomic mass is 35.5. The molecule has 17 heavy (non-hydrogen) atoms. The first kappa shape index (κ1) is 12.1. The van der Waals surface area contributed by atoms with Crippen molar-refractivity contribution in [1.29, 1.82) is 0 Å². The van der Waals surface area contributed by atoms with E-state index in [0.717, 1.165) is 31.5 Å². The van der Waals surface area contributed by atoms with Crippen molar-refractivity contribution in [3.8, 4) is 0 Å². The van der Waals surface area contributed by atoms with Gasteiger partial charge < -0.3 is 4.90 Å². The molecular formula is C13H13ClFNO. The van der Waals surface area contributed by atoms with Gasteiger partial charge in [-0.1, -0.05) is 17.7 Å². The maximum Gasteiger partial charge on any atom is 0.246 e. The van der Waals surface area contributed by atoms with Gasteiger partial charge in [0.15, 0.2) is 0 Å². The predicted molar refractivity (Wildman–Crippen MR) is 66.3 cm³/mol. The first-order chi connectivity index (χ1) is 8.16. The Balaban J connectivity index is 2.04. The van der Waals surface area contributed by atoms with Crippen LogP contribution in [-0.4, -0.2) is 23.9 Å². The molecule has 1 heterocycles. The smallest absolute Gasteiger partial charge is 0.246 e. The fourth-order valence-electron chi connectivity index (χ4n) is 1.83. The molecule has 0 radical (unpaired) electrons. The molecule has 1 aliphatic rings. The van der Waals surface area contributed by atoms with Gasteiger partial charge in [0.2, 0.25) is 5.91 Å². The van der Waals surface area contributed by atoms with E-state index in [0.29, 0.717) is 0 Å². The number of carbonyl (C=O) groups excluding carboxylic acids is 1. The monoisotopic (exact) mass is 253 g/mol. The lowest BCUT2D eigenvalue weighted by molar-refractivity contribution is -0.124. The average molecular weight is 254 g/mol. The van der Waals surface area contributed by atoms with Crippen molar-refractivity contribution in [3.63, 3.8) is 0 Å². The van der Waals surface area contributed by atoms with Gasteiger partial charge in [0.25, 0.3) is 0 Å². The quantitative estimate of drug-likeness (QED) is 0.742. The van der Waals surface area contributed by atoms with Crippen LogP contribution in [0.1, 0.15) is 18.4 Å². The molecule has 0 unspecified atom stereocenters. The summed E-state index contributed by atoms with van der Waals surface area (Å²) in [5, 5.41) is 0.0702. The lowest BCUT2D eigenvalue weighted by Crippen LogP contribution is -2.25. The lowest BCUT2D eigenvalue weighted by Gasteiger charge is -2.11. The van der Waals surface area contributed by atoms with Gasteiger partial charge in [-0.15, -0.1) is 0 Å². The number of halogens is 2. The van der Waals surface area contributed by atoms with E-state index in [-0.39, 0.29) is 10.9 Å². The van der Waals surface area contributed by atoms with Gasteiger partial charge in [-0.3, -0.25) is 4.79 Å². The molecule has 0 N–H and O–H groups in total. The second kappa shape index (κ2) is 5.32.